The van der Waals surface area contributed by atoms with Crippen molar-refractivity contribution in [3.05, 3.63) is 23.8 Å². The Hall–Kier alpha value is -2.22. The van der Waals surface area contributed by atoms with Crippen LogP contribution < -0.4 is 10.5 Å². The molecule has 0 saturated heterocycles. The van der Waals surface area contributed by atoms with E-state index in [2.05, 4.69) is 0 Å². The molecule has 0 amide bonds. The number of hydrogen-bond donors (Lipinski definition) is 1. The Labute approximate surface area is 112 Å². The Kier molecular flexibility index (Phi) is 4.76. The van der Waals surface area contributed by atoms with E-state index < -0.39 is 0 Å². The van der Waals surface area contributed by atoms with E-state index in [4.69, 9.17) is 20.5 Å². The van der Waals surface area contributed by atoms with Crippen molar-refractivity contribution in [1.29, 1.82) is 5.26 Å². The van der Waals surface area contributed by atoms with E-state index in [0.29, 0.717) is 23.6 Å². The molecule has 0 unspecified atom stereocenters. The van der Waals surface area contributed by atoms with Gasteiger partial charge in [0.1, 0.15) is 17.4 Å². The third-order valence-electron chi connectivity index (χ3n) is 2.45. The highest BCUT2D eigenvalue weighted by molar-refractivity contribution is 5.65. The number of ether oxygens (including phenoxy) is 2. The summed E-state index contributed by atoms with van der Waals surface area (Å²) in [6.45, 7) is 5.76. The minimum Gasteiger partial charge on any atom is -0.491 e. The summed E-state index contributed by atoms with van der Waals surface area (Å²) >= 11 is 0. The van der Waals surface area contributed by atoms with Gasteiger partial charge in [-0.2, -0.15) is 5.26 Å². The van der Waals surface area contributed by atoms with Crippen molar-refractivity contribution >= 4 is 11.7 Å². The van der Waals surface area contributed by atoms with Gasteiger partial charge < -0.3 is 15.2 Å². The summed E-state index contributed by atoms with van der Waals surface area (Å²) in [6, 6.07) is 7.08. The summed E-state index contributed by atoms with van der Waals surface area (Å²) in [5.74, 6) is 0.119. The number of nitrogens with zero attached hydrogens (tertiary/aromatic N) is 1. The van der Waals surface area contributed by atoms with Gasteiger partial charge in [0.05, 0.1) is 18.9 Å². The topological polar surface area (TPSA) is 85.3 Å². The second-order valence-corrected chi connectivity index (χ2v) is 5.07. The molecule has 0 aromatic heterocycles. The largest absolute Gasteiger partial charge is 0.491 e. The molecule has 0 aliphatic carbocycles. The smallest absolute Gasteiger partial charge is 0.302 e. The van der Waals surface area contributed by atoms with Gasteiger partial charge in [0.25, 0.3) is 0 Å². The number of hydrogen-bond acceptors (Lipinski definition) is 5. The van der Waals surface area contributed by atoms with E-state index in [1.54, 1.807) is 18.2 Å². The fraction of sp³-hybridized carbons (Fsp3) is 0.429. The van der Waals surface area contributed by atoms with E-state index in [0.717, 1.165) is 0 Å². The Morgan fingerprint density at radius 2 is 2.11 bits per heavy atom. The third kappa shape index (κ3) is 4.51. The van der Waals surface area contributed by atoms with Crippen LogP contribution in [0.2, 0.25) is 0 Å². The van der Waals surface area contributed by atoms with Crippen LogP contribution in [0.15, 0.2) is 18.2 Å². The molecule has 1 rings (SSSR count). The van der Waals surface area contributed by atoms with Gasteiger partial charge in [-0.05, 0) is 12.1 Å². The molecule has 2 N–H and O–H groups in total. The standard InChI is InChI=1S/C14H18N2O3/c1-10(17)18-8-14(2,3)9-19-13-6-4-5-12(16)11(13)7-15/h4-6H,8-9,16H2,1-3H3. The number of nitrogen functional groups attached to an aromatic ring is 1. The number of benzene rings is 1. The number of nitrogens with two attached hydrogens (primary N) is 1. The predicted octanol–water partition coefficient (Wildman–Crippen LogP) is 2.11. The molecule has 0 atom stereocenters. The number of carbonyl (C=O) groups excluding carboxylic acids is 1. The lowest BCUT2D eigenvalue weighted by molar-refractivity contribution is -0.144. The number of nitriles is 1. The maximum Gasteiger partial charge on any atom is 0.302 e. The quantitative estimate of drug-likeness (QED) is 0.648. The average molecular weight is 262 g/mol. The molecule has 0 radical (unpaired) electrons. The highest BCUT2D eigenvalue weighted by Gasteiger charge is 2.21. The maximum absolute atomic E-state index is 10.8. The molecule has 0 saturated carbocycles. The van der Waals surface area contributed by atoms with Gasteiger partial charge in [0.15, 0.2) is 0 Å². The van der Waals surface area contributed by atoms with Gasteiger partial charge in [-0.25, -0.2) is 0 Å². The van der Waals surface area contributed by atoms with Crippen LogP contribution in [0.1, 0.15) is 26.3 Å². The van der Waals surface area contributed by atoms with Crippen molar-refractivity contribution in [2.45, 2.75) is 20.8 Å². The fourth-order valence-electron chi connectivity index (χ4n) is 1.40. The molecule has 0 heterocycles. The molecule has 0 bridgehead atoms. The van der Waals surface area contributed by atoms with Crippen molar-refractivity contribution in [2.24, 2.45) is 5.41 Å². The Morgan fingerprint density at radius 3 is 2.68 bits per heavy atom. The first kappa shape index (κ1) is 14.8. The highest BCUT2D eigenvalue weighted by Crippen LogP contribution is 2.25. The first-order valence-electron chi connectivity index (χ1n) is 5.90. The van der Waals surface area contributed by atoms with E-state index in [-0.39, 0.29) is 18.0 Å². The number of rotatable bonds is 5. The Bertz CT molecular complexity index is 504. The fourth-order valence-corrected chi connectivity index (χ4v) is 1.40. The van der Waals surface area contributed by atoms with Crippen LogP contribution in [0.4, 0.5) is 5.69 Å². The molecular weight excluding hydrogens is 244 g/mol. The van der Waals surface area contributed by atoms with Crippen molar-refractivity contribution in [3.63, 3.8) is 0 Å². The summed E-state index contributed by atoms with van der Waals surface area (Å²) in [5.41, 5.74) is 6.07. The van der Waals surface area contributed by atoms with Crippen molar-refractivity contribution in [3.8, 4) is 11.8 Å². The SMILES string of the molecule is CC(=O)OCC(C)(C)COc1cccc(N)c1C#N. The first-order valence-corrected chi connectivity index (χ1v) is 5.90. The Balaban J connectivity index is 2.69. The number of anilines is 1. The molecule has 102 valence electrons. The van der Waals surface area contributed by atoms with Crippen LogP contribution in [0.25, 0.3) is 0 Å². The lowest BCUT2D eigenvalue weighted by Gasteiger charge is -2.24. The monoisotopic (exact) mass is 262 g/mol. The molecule has 0 spiro atoms. The zero-order chi connectivity index (χ0) is 14.5. The van der Waals surface area contributed by atoms with Gasteiger partial charge in [-0.15, -0.1) is 0 Å². The van der Waals surface area contributed by atoms with Gasteiger partial charge in [-0.3, -0.25) is 4.79 Å². The zero-order valence-electron chi connectivity index (χ0n) is 11.4. The van der Waals surface area contributed by atoms with Gasteiger partial charge in [0.2, 0.25) is 0 Å². The van der Waals surface area contributed by atoms with E-state index in [1.807, 2.05) is 19.9 Å². The zero-order valence-corrected chi connectivity index (χ0v) is 11.4. The van der Waals surface area contributed by atoms with Crippen molar-refractivity contribution in [1.82, 2.24) is 0 Å². The number of esters is 1. The third-order valence-corrected chi connectivity index (χ3v) is 2.45. The average Bonchev–Trinajstić information content (AvgIpc) is 2.34. The van der Waals surface area contributed by atoms with Crippen LogP contribution >= 0.6 is 0 Å². The van der Waals surface area contributed by atoms with Crippen molar-refractivity contribution < 1.29 is 14.3 Å². The molecular formula is C14H18N2O3. The predicted molar refractivity (Wildman–Crippen MR) is 71.5 cm³/mol. The van der Waals surface area contributed by atoms with E-state index in [9.17, 15) is 4.79 Å². The second-order valence-electron chi connectivity index (χ2n) is 5.07. The molecule has 5 nitrogen and oxygen atoms in total. The lowest BCUT2D eigenvalue weighted by atomic mass is 9.96. The molecule has 1 aromatic rings. The Morgan fingerprint density at radius 1 is 1.42 bits per heavy atom. The van der Waals surface area contributed by atoms with Gasteiger partial charge in [-0.1, -0.05) is 19.9 Å². The van der Waals surface area contributed by atoms with Crippen LogP contribution in [0.5, 0.6) is 5.75 Å². The normalized spacial score (nSPS) is 10.6. The van der Waals surface area contributed by atoms with Crippen molar-refractivity contribution in [2.75, 3.05) is 18.9 Å². The van der Waals surface area contributed by atoms with Crippen LogP contribution in [0, 0.1) is 16.7 Å². The highest BCUT2D eigenvalue weighted by atomic mass is 16.5. The summed E-state index contributed by atoms with van der Waals surface area (Å²) in [7, 11) is 0. The van der Waals surface area contributed by atoms with Crippen LogP contribution in [0.3, 0.4) is 0 Å². The lowest BCUT2D eigenvalue weighted by Crippen LogP contribution is -2.28. The minimum atomic E-state index is -0.344. The molecule has 0 aliphatic rings. The molecule has 5 heteroatoms. The summed E-state index contributed by atoms with van der Waals surface area (Å²) < 4.78 is 10.6. The van der Waals surface area contributed by atoms with Gasteiger partial charge >= 0.3 is 5.97 Å². The minimum absolute atomic E-state index is 0.256. The summed E-state index contributed by atoms with van der Waals surface area (Å²) in [5, 5.41) is 9.03. The van der Waals surface area contributed by atoms with E-state index in [1.165, 1.54) is 6.92 Å². The second kappa shape index (κ2) is 6.10. The molecule has 0 fully saturated rings. The molecule has 0 aliphatic heterocycles. The van der Waals surface area contributed by atoms with Crippen LogP contribution in [-0.4, -0.2) is 19.2 Å². The van der Waals surface area contributed by atoms with Crippen LogP contribution in [-0.2, 0) is 9.53 Å². The summed E-state index contributed by atoms with van der Waals surface area (Å²) in [4.78, 5) is 10.8. The maximum atomic E-state index is 10.8. The molecule has 19 heavy (non-hydrogen) atoms. The van der Waals surface area contributed by atoms with Gasteiger partial charge in [0, 0.05) is 12.3 Å². The van der Waals surface area contributed by atoms with E-state index >= 15 is 0 Å². The number of carbonyl (C=O) groups is 1. The molecule has 1 aromatic carbocycles. The summed E-state index contributed by atoms with van der Waals surface area (Å²) in [6.07, 6.45) is 0. The first-order chi connectivity index (χ1) is 8.85.